The summed E-state index contributed by atoms with van der Waals surface area (Å²) in [5.74, 6) is 0.624. The van der Waals surface area contributed by atoms with E-state index in [0.29, 0.717) is 30.7 Å². The summed E-state index contributed by atoms with van der Waals surface area (Å²) in [6.07, 6.45) is 2.88. The first-order chi connectivity index (χ1) is 15.5. The van der Waals surface area contributed by atoms with Crippen molar-refractivity contribution in [2.45, 2.75) is 26.6 Å². The van der Waals surface area contributed by atoms with Gasteiger partial charge in [0.25, 0.3) is 5.56 Å². The Morgan fingerprint density at radius 1 is 1.06 bits per heavy atom. The monoisotopic (exact) mass is 431 g/mol. The predicted molar refractivity (Wildman–Crippen MR) is 121 cm³/mol. The van der Waals surface area contributed by atoms with E-state index in [0.717, 1.165) is 16.9 Å². The number of carbonyl (C=O) groups excluding carboxylic acids is 1. The molecule has 0 aliphatic rings. The van der Waals surface area contributed by atoms with Crippen LogP contribution in [0.25, 0.3) is 11.0 Å². The third-order valence-corrected chi connectivity index (χ3v) is 5.30. The minimum Gasteiger partial charge on any atom is -0.489 e. The number of ether oxygens (including phenoxy) is 1. The van der Waals surface area contributed by atoms with E-state index in [-0.39, 0.29) is 18.0 Å². The van der Waals surface area contributed by atoms with Crippen molar-refractivity contribution in [1.29, 1.82) is 0 Å². The molecule has 0 N–H and O–H groups in total. The number of likely N-dealkylation sites (N-methyl/N-ethyl adjacent to an activating group) is 1. The highest BCUT2D eigenvalue weighted by atomic mass is 16.5. The van der Waals surface area contributed by atoms with Crippen molar-refractivity contribution in [3.8, 4) is 5.75 Å². The van der Waals surface area contributed by atoms with Gasteiger partial charge >= 0.3 is 0 Å². The molecule has 0 bridgehead atoms. The first-order valence-electron chi connectivity index (χ1n) is 10.5. The number of aryl methyl sites for hydroxylation is 1. The van der Waals surface area contributed by atoms with Gasteiger partial charge < -0.3 is 9.64 Å². The molecule has 0 aliphatic heterocycles. The molecule has 0 radical (unpaired) electrons. The molecule has 0 atom stereocenters. The van der Waals surface area contributed by atoms with Crippen molar-refractivity contribution >= 4 is 16.9 Å². The molecule has 4 rings (SSSR count). The van der Waals surface area contributed by atoms with Gasteiger partial charge in [0.2, 0.25) is 5.91 Å². The fourth-order valence-electron chi connectivity index (χ4n) is 3.45. The van der Waals surface area contributed by atoms with Gasteiger partial charge in [0.1, 0.15) is 30.6 Å². The maximum Gasteiger partial charge on any atom is 0.264 e. The zero-order chi connectivity index (χ0) is 22.5. The fraction of sp³-hybridized carbons (Fsp3) is 0.250. The lowest BCUT2D eigenvalue weighted by molar-refractivity contribution is -0.132. The van der Waals surface area contributed by atoms with Crippen molar-refractivity contribution in [3.05, 3.63) is 88.6 Å². The standard InChI is InChI=1S/C24H25N5O3/c1-3-28(22(30)15-29-17-25-23-21(24(29)31)13-26-27(23)2)14-18-9-11-20(12-10-18)32-16-19-7-5-4-6-8-19/h4-13,17H,3,14-16H2,1-2H3. The van der Waals surface area contributed by atoms with Gasteiger partial charge in [-0.2, -0.15) is 5.10 Å². The van der Waals surface area contributed by atoms with Gasteiger partial charge in [-0.05, 0) is 30.2 Å². The number of nitrogens with zero attached hydrogens (tertiary/aromatic N) is 5. The maximum atomic E-state index is 12.9. The Balaban J connectivity index is 1.39. The van der Waals surface area contributed by atoms with Gasteiger partial charge in [0.15, 0.2) is 5.65 Å². The minimum absolute atomic E-state index is 0.0667. The van der Waals surface area contributed by atoms with Crippen molar-refractivity contribution in [2.24, 2.45) is 7.05 Å². The second kappa shape index (κ2) is 9.47. The second-order valence-electron chi connectivity index (χ2n) is 7.51. The molecule has 8 heteroatoms. The summed E-state index contributed by atoms with van der Waals surface area (Å²) in [4.78, 5) is 31.5. The molecule has 0 fully saturated rings. The average Bonchev–Trinajstić information content (AvgIpc) is 3.20. The molecular formula is C24H25N5O3. The lowest BCUT2D eigenvalue weighted by atomic mass is 10.2. The summed E-state index contributed by atoms with van der Waals surface area (Å²) in [7, 11) is 1.72. The topological polar surface area (TPSA) is 82.2 Å². The summed E-state index contributed by atoms with van der Waals surface area (Å²) in [5, 5.41) is 4.46. The molecule has 0 saturated heterocycles. The Kier molecular flexibility index (Phi) is 6.30. The van der Waals surface area contributed by atoms with Crippen LogP contribution in [-0.4, -0.2) is 36.7 Å². The predicted octanol–water partition coefficient (Wildman–Crippen LogP) is 2.76. The van der Waals surface area contributed by atoms with Gasteiger partial charge in [-0.25, -0.2) is 4.98 Å². The van der Waals surface area contributed by atoms with Crippen LogP contribution < -0.4 is 10.3 Å². The van der Waals surface area contributed by atoms with Crippen molar-refractivity contribution in [3.63, 3.8) is 0 Å². The van der Waals surface area contributed by atoms with Gasteiger partial charge in [0, 0.05) is 20.1 Å². The summed E-state index contributed by atoms with van der Waals surface area (Å²) in [6, 6.07) is 17.7. The minimum atomic E-state index is -0.271. The Morgan fingerprint density at radius 3 is 2.53 bits per heavy atom. The number of benzene rings is 2. The van der Waals surface area contributed by atoms with Crippen LogP contribution in [0.3, 0.4) is 0 Å². The highest BCUT2D eigenvalue weighted by molar-refractivity contribution is 5.77. The smallest absolute Gasteiger partial charge is 0.264 e. The van der Waals surface area contributed by atoms with Gasteiger partial charge in [-0.1, -0.05) is 42.5 Å². The summed E-state index contributed by atoms with van der Waals surface area (Å²) < 4.78 is 8.69. The van der Waals surface area contributed by atoms with E-state index >= 15 is 0 Å². The molecule has 0 unspecified atom stereocenters. The Bertz CT molecular complexity index is 1260. The van der Waals surface area contributed by atoms with E-state index < -0.39 is 0 Å². The fourth-order valence-corrected chi connectivity index (χ4v) is 3.45. The third kappa shape index (κ3) is 4.69. The normalized spacial score (nSPS) is 10.9. The van der Waals surface area contributed by atoms with Crippen LogP contribution in [0.5, 0.6) is 5.75 Å². The highest BCUT2D eigenvalue weighted by Gasteiger charge is 2.16. The zero-order valence-electron chi connectivity index (χ0n) is 18.1. The van der Waals surface area contributed by atoms with E-state index in [1.165, 1.54) is 21.8 Å². The molecule has 0 saturated carbocycles. The van der Waals surface area contributed by atoms with E-state index in [1.54, 1.807) is 11.9 Å². The van der Waals surface area contributed by atoms with Crippen LogP contribution in [0.2, 0.25) is 0 Å². The lowest BCUT2D eigenvalue weighted by Gasteiger charge is -2.21. The number of amides is 1. The van der Waals surface area contributed by atoms with Crippen LogP contribution in [0.4, 0.5) is 0 Å². The summed E-state index contributed by atoms with van der Waals surface area (Å²) >= 11 is 0. The Hall–Kier alpha value is -3.94. The van der Waals surface area contributed by atoms with Gasteiger partial charge in [-0.15, -0.1) is 0 Å². The largest absolute Gasteiger partial charge is 0.489 e. The Morgan fingerprint density at radius 2 is 1.81 bits per heavy atom. The summed E-state index contributed by atoms with van der Waals surface area (Å²) in [6.45, 7) is 3.33. The first-order valence-corrected chi connectivity index (χ1v) is 10.5. The number of hydrogen-bond donors (Lipinski definition) is 0. The number of hydrogen-bond acceptors (Lipinski definition) is 5. The van der Waals surface area contributed by atoms with E-state index in [1.807, 2.05) is 61.5 Å². The number of carbonyl (C=O) groups is 1. The molecule has 0 aliphatic carbocycles. The third-order valence-electron chi connectivity index (χ3n) is 5.30. The van der Waals surface area contributed by atoms with E-state index in [2.05, 4.69) is 10.1 Å². The molecule has 4 aromatic rings. The van der Waals surface area contributed by atoms with Gasteiger partial charge in [-0.3, -0.25) is 18.8 Å². The molecule has 2 aromatic carbocycles. The molecule has 164 valence electrons. The molecule has 2 heterocycles. The number of aromatic nitrogens is 4. The molecule has 8 nitrogen and oxygen atoms in total. The van der Waals surface area contributed by atoms with Crippen LogP contribution in [0, 0.1) is 0 Å². The molecular weight excluding hydrogens is 406 g/mol. The quantitative estimate of drug-likeness (QED) is 0.428. The van der Waals surface area contributed by atoms with Crippen molar-refractivity contribution in [2.75, 3.05) is 6.54 Å². The van der Waals surface area contributed by atoms with Crippen LogP contribution in [0.1, 0.15) is 18.1 Å². The number of fused-ring (bicyclic) bond motifs is 1. The van der Waals surface area contributed by atoms with Crippen LogP contribution >= 0.6 is 0 Å². The Labute approximate surface area is 185 Å². The van der Waals surface area contributed by atoms with E-state index in [4.69, 9.17) is 4.74 Å². The van der Waals surface area contributed by atoms with E-state index in [9.17, 15) is 9.59 Å². The molecule has 32 heavy (non-hydrogen) atoms. The molecule has 2 aromatic heterocycles. The second-order valence-corrected chi connectivity index (χ2v) is 7.51. The van der Waals surface area contributed by atoms with Crippen molar-refractivity contribution < 1.29 is 9.53 Å². The SMILES string of the molecule is CCN(Cc1ccc(OCc2ccccc2)cc1)C(=O)Cn1cnc2c(cnn2C)c1=O. The van der Waals surface area contributed by atoms with Crippen LogP contribution in [0.15, 0.2) is 71.9 Å². The first kappa shape index (κ1) is 21.3. The van der Waals surface area contributed by atoms with Gasteiger partial charge in [0.05, 0.1) is 6.20 Å². The van der Waals surface area contributed by atoms with Crippen LogP contribution in [-0.2, 0) is 31.5 Å². The zero-order valence-corrected chi connectivity index (χ0v) is 18.1. The molecule has 1 amide bonds. The van der Waals surface area contributed by atoms with Crippen molar-refractivity contribution in [1.82, 2.24) is 24.2 Å². The summed E-state index contributed by atoms with van der Waals surface area (Å²) in [5.41, 5.74) is 2.32. The maximum absolute atomic E-state index is 12.9. The highest BCUT2D eigenvalue weighted by Crippen LogP contribution is 2.16. The average molecular weight is 431 g/mol. The molecule has 0 spiro atoms. The lowest BCUT2D eigenvalue weighted by Crippen LogP contribution is -2.36. The number of rotatable bonds is 8.